The molecule has 0 aromatic rings. The molecule has 0 aliphatic carbocycles. The van der Waals surface area contributed by atoms with Crippen molar-refractivity contribution in [3.63, 3.8) is 0 Å². The summed E-state index contributed by atoms with van der Waals surface area (Å²) in [6.07, 6.45) is 73.8. The Labute approximate surface area is 436 Å². The van der Waals surface area contributed by atoms with Crippen LogP contribution in [0.15, 0.2) is 85.1 Å². The van der Waals surface area contributed by atoms with Crippen LogP contribution in [0.4, 0.5) is 0 Å². The Morgan fingerprint density at radius 3 is 1.17 bits per heavy atom. The second-order valence-electron chi connectivity index (χ2n) is 19.1. The number of nitrogens with two attached hydrogens (primary N) is 1. The van der Waals surface area contributed by atoms with E-state index in [2.05, 4.69) is 98.9 Å². The van der Waals surface area contributed by atoms with Gasteiger partial charge >= 0.3 is 19.8 Å². The highest BCUT2D eigenvalue weighted by molar-refractivity contribution is 7.47. The SMILES string of the molecule is CC/C=C\C/C=C\C/C=C\C/C=C\C/C=C\C/C=C\CCCCCCCCCCCCCCCCCCCCCCC(=O)OC(COC(=O)CCCCCCC/C=C\CCCC)COP(=O)(O)OCCN. The van der Waals surface area contributed by atoms with E-state index in [-0.39, 0.29) is 32.6 Å². The van der Waals surface area contributed by atoms with Crippen LogP contribution in [-0.2, 0) is 32.7 Å². The largest absolute Gasteiger partial charge is 0.472 e. The standard InChI is InChI=1S/C61H108NO8P/c1-3-5-7-9-11-13-15-16-17-18-19-20-21-22-23-24-25-26-27-28-29-30-31-32-33-34-35-36-37-38-39-40-41-42-44-46-48-50-52-54-61(64)70-59(58-69-71(65,66)68-56-55-62)57-67-60(63)53-51-49-47-45-43-14-12-10-8-6-4-2/h5,7,10-13,16-17,19-20,22-23,25-26,59H,3-4,6,8-9,14-15,18,21,24,27-58,62H2,1-2H3,(H,65,66)/b7-5-,12-10-,13-11-,17-16-,20-19-,23-22-,26-25-. The molecule has 9 nitrogen and oxygen atoms in total. The lowest BCUT2D eigenvalue weighted by Gasteiger charge is -2.19. The Hall–Kier alpha value is -2.81. The van der Waals surface area contributed by atoms with Crippen molar-refractivity contribution in [1.82, 2.24) is 0 Å². The van der Waals surface area contributed by atoms with Crippen molar-refractivity contribution in [3.05, 3.63) is 85.1 Å². The summed E-state index contributed by atoms with van der Waals surface area (Å²) < 4.78 is 32.9. The van der Waals surface area contributed by atoms with Gasteiger partial charge in [-0.15, -0.1) is 0 Å². The summed E-state index contributed by atoms with van der Waals surface area (Å²) in [5, 5.41) is 0. The first kappa shape index (κ1) is 68.2. The third kappa shape index (κ3) is 56.3. The van der Waals surface area contributed by atoms with E-state index in [1.165, 1.54) is 122 Å². The van der Waals surface area contributed by atoms with Gasteiger partial charge in [0.15, 0.2) is 6.10 Å². The van der Waals surface area contributed by atoms with Crippen molar-refractivity contribution in [2.24, 2.45) is 5.73 Å². The van der Waals surface area contributed by atoms with Crippen molar-refractivity contribution in [3.8, 4) is 0 Å². The van der Waals surface area contributed by atoms with E-state index in [1.807, 2.05) is 0 Å². The smallest absolute Gasteiger partial charge is 0.462 e. The highest BCUT2D eigenvalue weighted by Gasteiger charge is 2.26. The Morgan fingerprint density at radius 1 is 0.437 bits per heavy atom. The summed E-state index contributed by atoms with van der Waals surface area (Å²) in [7, 11) is -4.38. The molecular weight excluding hydrogens is 906 g/mol. The number of carbonyl (C=O) groups excluding carboxylic acids is 2. The minimum atomic E-state index is -4.38. The maximum atomic E-state index is 12.7. The minimum Gasteiger partial charge on any atom is -0.462 e. The molecule has 0 aromatic heterocycles. The first-order valence-electron chi connectivity index (χ1n) is 29.1. The molecule has 0 bridgehead atoms. The summed E-state index contributed by atoms with van der Waals surface area (Å²) in [4.78, 5) is 35.0. The van der Waals surface area contributed by atoms with Gasteiger partial charge in [-0.1, -0.05) is 247 Å². The second kappa shape index (κ2) is 56.5. The predicted octanol–water partition coefficient (Wildman–Crippen LogP) is 18.3. The molecular formula is C61H108NO8P. The van der Waals surface area contributed by atoms with Gasteiger partial charge in [-0.2, -0.15) is 0 Å². The van der Waals surface area contributed by atoms with Crippen LogP contribution in [0.25, 0.3) is 0 Å². The molecule has 2 atom stereocenters. The number of ether oxygens (including phenoxy) is 2. The molecule has 0 spiro atoms. The number of hydrogen-bond acceptors (Lipinski definition) is 8. The monoisotopic (exact) mass is 1010 g/mol. The average Bonchev–Trinajstić information content (AvgIpc) is 3.36. The zero-order chi connectivity index (χ0) is 51.7. The lowest BCUT2D eigenvalue weighted by molar-refractivity contribution is -0.161. The van der Waals surface area contributed by atoms with Gasteiger partial charge in [0.2, 0.25) is 0 Å². The van der Waals surface area contributed by atoms with E-state index in [0.717, 1.165) is 103 Å². The third-order valence-corrected chi connectivity index (χ3v) is 13.2. The lowest BCUT2D eigenvalue weighted by atomic mass is 10.0. The van der Waals surface area contributed by atoms with Gasteiger partial charge in [-0.3, -0.25) is 18.6 Å². The fraction of sp³-hybridized carbons (Fsp3) is 0.738. The van der Waals surface area contributed by atoms with Crippen molar-refractivity contribution >= 4 is 19.8 Å². The summed E-state index contributed by atoms with van der Waals surface area (Å²) in [5.41, 5.74) is 5.37. The molecule has 0 amide bonds. The lowest BCUT2D eigenvalue weighted by Crippen LogP contribution is -2.29. The Bertz CT molecular complexity index is 1440. The maximum absolute atomic E-state index is 12.7. The first-order chi connectivity index (χ1) is 34.8. The first-order valence-corrected chi connectivity index (χ1v) is 30.6. The van der Waals surface area contributed by atoms with E-state index in [1.54, 1.807) is 0 Å². The van der Waals surface area contributed by atoms with Gasteiger partial charge in [-0.25, -0.2) is 4.57 Å². The van der Waals surface area contributed by atoms with Crippen molar-refractivity contribution in [1.29, 1.82) is 0 Å². The maximum Gasteiger partial charge on any atom is 0.472 e. The molecule has 2 unspecified atom stereocenters. The minimum absolute atomic E-state index is 0.0514. The van der Waals surface area contributed by atoms with Crippen LogP contribution in [0.2, 0.25) is 0 Å². The van der Waals surface area contributed by atoms with E-state index >= 15 is 0 Å². The van der Waals surface area contributed by atoms with Crippen LogP contribution in [-0.4, -0.2) is 49.3 Å². The molecule has 0 saturated heterocycles. The number of rotatable bonds is 54. The molecule has 0 rings (SSSR count). The number of phosphoric ester groups is 1. The highest BCUT2D eigenvalue weighted by Crippen LogP contribution is 2.43. The number of carbonyl (C=O) groups is 2. The number of esters is 2. The van der Waals surface area contributed by atoms with Gasteiger partial charge in [0.05, 0.1) is 13.2 Å². The van der Waals surface area contributed by atoms with E-state index in [9.17, 15) is 19.0 Å². The fourth-order valence-electron chi connectivity index (χ4n) is 7.97. The quantitative estimate of drug-likeness (QED) is 0.0264. The number of allylic oxidation sites excluding steroid dienone is 14. The Kier molecular flexibility index (Phi) is 54.2. The van der Waals surface area contributed by atoms with E-state index in [4.69, 9.17) is 24.3 Å². The van der Waals surface area contributed by atoms with Crippen molar-refractivity contribution < 1.29 is 37.6 Å². The van der Waals surface area contributed by atoms with E-state index in [0.29, 0.717) is 6.42 Å². The van der Waals surface area contributed by atoms with Crippen LogP contribution in [0.1, 0.15) is 258 Å². The van der Waals surface area contributed by atoms with E-state index < -0.39 is 32.5 Å². The molecule has 0 radical (unpaired) electrons. The van der Waals surface area contributed by atoms with Crippen molar-refractivity contribution in [2.45, 2.75) is 264 Å². The Balaban J connectivity index is 3.78. The van der Waals surface area contributed by atoms with Gasteiger partial charge < -0.3 is 20.1 Å². The van der Waals surface area contributed by atoms with Gasteiger partial charge in [-0.05, 0) is 83.5 Å². The summed E-state index contributed by atoms with van der Waals surface area (Å²) in [6.45, 7) is 3.58. The van der Waals surface area contributed by atoms with Gasteiger partial charge in [0.1, 0.15) is 6.61 Å². The van der Waals surface area contributed by atoms with Gasteiger partial charge in [0, 0.05) is 19.4 Å². The molecule has 0 aromatic carbocycles. The summed E-state index contributed by atoms with van der Waals surface area (Å²) >= 11 is 0. The predicted molar refractivity (Wildman–Crippen MR) is 302 cm³/mol. The summed E-state index contributed by atoms with van der Waals surface area (Å²) in [5.74, 6) is -0.835. The van der Waals surface area contributed by atoms with Crippen LogP contribution < -0.4 is 5.73 Å². The normalized spacial score (nSPS) is 13.7. The third-order valence-electron chi connectivity index (χ3n) is 12.3. The second-order valence-corrected chi connectivity index (χ2v) is 20.6. The molecule has 0 heterocycles. The summed E-state index contributed by atoms with van der Waals surface area (Å²) in [6, 6.07) is 0. The molecule has 10 heteroatoms. The van der Waals surface area contributed by atoms with Crippen molar-refractivity contribution in [2.75, 3.05) is 26.4 Å². The van der Waals surface area contributed by atoms with Crippen LogP contribution in [0, 0.1) is 0 Å². The van der Waals surface area contributed by atoms with Gasteiger partial charge in [0.25, 0.3) is 0 Å². The highest BCUT2D eigenvalue weighted by atomic mass is 31.2. The zero-order valence-electron chi connectivity index (χ0n) is 45.7. The molecule has 0 aliphatic rings. The zero-order valence-corrected chi connectivity index (χ0v) is 46.6. The Morgan fingerprint density at radius 2 is 0.775 bits per heavy atom. The molecule has 0 saturated carbocycles. The molecule has 0 aliphatic heterocycles. The van der Waals surface area contributed by atoms with Crippen LogP contribution >= 0.6 is 7.82 Å². The molecule has 71 heavy (non-hydrogen) atoms. The number of unbranched alkanes of at least 4 members (excludes halogenated alkanes) is 27. The van der Waals surface area contributed by atoms with Crippen LogP contribution in [0.5, 0.6) is 0 Å². The molecule has 410 valence electrons. The number of phosphoric acid groups is 1. The fourth-order valence-corrected chi connectivity index (χ4v) is 8.74. The number of hydrogen-bond donors (Lipinski definition) is 2. The topological polar surface area (TPSA) is 134 Å². The van der Waals surface area contributed by atoms with Crippen LogP contribution in [0.3, 0.4) is 0 Å². The molecule has 0 fully saturated rings. The average molecular weight is 1010 g/mol. The molecule has 3 N–H and O–H groups in total.